The summed E-state index contributed by atoms with van der Waals surface area (Å²) < 4.78 is 14.8. The number of nitrogens with zero attached hydrogens (tertiary/aromatic N) is 3. The summed E-state index contributed by atoms with van der Waals surface area (Å²) >= 11 is 12.0. The lowest BCUT2D eigenvalue weighted by Crippen LogP contribution is -2.22. The second-order valence-corrected chi connectivity index (χ2v) is 5.72. The van der Waals surface area contributed by atoms with Crippen LogP contribution in [-0.4, -0.2) is 16.0 Å². The number of hydrogen-bond acceptors (Lipinski definition) is 4. The summed E-state index contributed by atoms with van der Waals surface area (Å²) in [4.78, 5) is 12.3. The Labute approximate surface area is 152 Å². The second-order valence-electron chi connectivity index (χ2n) is 4.93. The third-order valence-electron chi connectivity index (χ3n) is 3.30. The minimum absolute atomic E-state index is 0.0874. The summed E-state index contributed by atoms with van der Waals surface area (Å²) in [6.07, 6.45) is 2.56. The van der Waals surface area contributed by atoms with E-state index in [-0.39, 0.29) is 21.3 Å². The normalized spacial score (nSPS) is 11.0. The minimum Gasteiger partial charge on any atom is -0.275 e. The molecule has 126 valence electrons. The van der Waals surface area contributed by atoms with Crippen molar-refractivity contribution < 1.29 is 4.39 Å². The number of anilines is 1. The van der Waals surface area contributed by atoms with Crippen LogP contribution in [0.15, 0.2) is 64.6 Å². The molecule has 1 heterocycles. The molecule has 0 saturated carbocycles. The van der Waals surface area contributed by atoms with E-state index in [9.17, 15) is 9.18 Å². The lowest BCUT2D eigenvalue weighted by Gasteiger charge is -2.07. The summed E-state index contributed by atoms with van der Waals surface area (Å²) in [6, 6.07) is 13.2. The molecule has 0 radical (unpaired) electrons. The molecule has 25 heavy (non-hydrogen) atoms. The van der Waals surface area contributed by atoms with Crippen LogP contribution in [0.1, 0.15) is 5.56 Å². The molecule has 0 unspecified atom stereocenters. The van der Waals surface area contributed by atoms with Crippen LogP contribution in [0.2, 0.25) is 10.0 Å². The van der Waals surface area contributed by atoms with E-state index in [1.165, 1.54) is 29.2 Å². The van der Waals surface area contributed by atoms with Crippen molar-refractivity contribution in [2.75, 3.05) is 5.43 Å². The highest BCUT2D eigenvalue weighted by atomic mass is 35.5. The smallest absolute Gasteiger partial charge is 0.275 e. The lowest BCUT2D eigenvalue weighted by molar-refractivity contribution is 0.626. The van der Waals surface area contributed by atoms with Crippen LogP contribution in [0.25, 0.3) is 5.69 Å². The van der Waals surface area contributed by atoms with Gasteiger partial charge in [-0.2, -0.15) is 14.9 Å². The van der Waals surface area contributed by atoms with Gasteiger partial charge in [-0.1, -0.05) is 47.5 Å². The number of aromatic nitrogens is 2. The van der Waals surface area contributed by atoms with Crippen LogP contribution in [0.3, 0.4) is 0 Å². The maximum atomic E-state index is 13.7. The Morgan fingerprint density at radius 2 is 1.88 bits per heavy atom. The molecule has 0 aliphatic carbocycles. The van der Waals surface area contributed by atoms with Gasteiger partial charge in [-0.25, -0.2) is 4.39 Å². The van der Waals surface area contributed by atoms with Gasteiger partial charge in [-0.05, 0) is 24.3 Å². The molecule has 8 heteroatoms. The monoisotopic (exact) mass is 376 g/mol. The largest absolute Gasteiger partial charge is 0.292 e. The van der Waals surface area contributed by atoms with Crippen molar-refractivity contribution in [1.82, 2.24) is 9.78 Å². The Balaban J connectivity index is 1.86. The first-order valence-electron chi connectivity index (χ1n) is 7.14. The van der Waals surface area contributed by atoms with Crippen LogP contribution in [0.4, 0.5) is 10.1 Å². The molecule has 3 aromatic rings. The van der Waals surface area contributed by atoms with Gasteiger partial charge in [0.1, 0.15) is 16.5 Å². The van der Waals surface area contributed by atoms with E-state index in [1.807, 2.05) is 6.07 Å². The second kappa shape index (κ2) is 7.46. The molecule has 0 aliphatic rings. The summed E-state index contributed by atoms with van der Waals surface area (Å²) in [7, 11) is 0. The fraction of sp³-hybridized carbons (Fsp3) is 0. The topological polar surface area (TPSA) is 59.3 Å². The fourth-order valence-corrected chi connectivity index (χ4v) is 2.45. The van der Waals surface area contributed by atoms with E-state index >= 15 is 0 Å². The molecule has 1 N–H and O–H groups in total. The number of halogens is 3. The third-order valence-corrected chi connectivity index (χ3v) is 3.99. The fourth-order valence-electron chi connectivity index (χ4n) is 2.06. The van der Waals surface area contributed by atoms with Crippen molar-refractivity contribution in [1.29, 1.82) is 0 Å². The summed E-state index contributed by atoms with van der Waals surface area (Å²) in [5.74, 6) is -0.512. The zero-order chi connectivity index (χ0) is 17.8. The van der Waals surface area contributed by atoms with Crippen molar-refractivity contribution in [3.05, 3.63) is 86.5 Å². The van der Waals surface area contributed by atoms with Gasteiger partial charge in [0.15, 0.2) is 0 Å². The first-order valence-corrected chi connectivity index (χ1v) is 7.90. The molecular formula is C17H11Cl2FN4O. The minimum atomic E-state index is -0.512. The molecule has 0 spiro atoms. The number of hydrazone groups is 1. The average Bonchev–Trinajstić information content (AvgIpc) is 2.62. The third kappa shape index (κ3) is 3.70. The predicted molar refractivity (Wildman–Crippen MR) is 97.5 cm³/mol. The SMILES string of the molecule is O=c1c(Cl)c(N/N=C/c2c(F)cccc2Cl)cnn1-c1ccccc1. The van der Waals surface area contributed by atoms with Crippen LogP contribution < -0.4 is 11.0 Å². The van der Waals surface area contributed by atoms with Crippen molar-refractivity contribution in [2.24, 2.45) is 5.10 Å². The van der Waals surface area contributed by atoms with Crippen LogP contribution in [0, 0.1) is 5.82 Å². The standard InChI is InChI=1S/C17H11Cl2FN4O/c18-13-7-4-8-14(20)12(13)9-21-23-15-10-22-24(17(25)16(15)19)11-5-2-1-3-6-11/h1-10,23H/b21-9+. The molecule has 0 aliphatic heterocycles. The van der Waals surface area contributed by atoms with Gasteiger partial charge in [0.05, 0.1) is 23.1 Å². The molecule has 0 bridgehead atoms. The van der Waals surface area contributed by atoms with Crippen molar-refractivity contribution in [2.45, 2.75) is 0 Å². The summed E-state index contributed by atoms with van der Waals surface area (Å²) in [5.41, 5.74) is 2.97. The van der Waals surface area contributed by atoms with Crippen molar-refractivity contribution in [3.8, 4) is 5.69 Å². The molecule has 5 nitrogen and oxygen atoms in total. The average molecular weight is 377 g/mol. The van der Waals surface area contributed by atoms with Crippen molar-refractivity contribution >= 4 is 35.1 Å². The number of rotatable bonds is 4. The zero-order valence-corrected chi connectivity index (χ0v) is 14.2. The highest BCUT2D eigenvalue weighted by Crippen LogP contribution is 2.18. The van der Waals surface area contributed by atoms with E-state index < -0.39 is 11.4 Å². The zero-order valence-electron chi connectivity index (χ0n) is 12.7. The molecule has 2 aromatic carbocycles. The van der Waals surface area contributed by atoms with Gasteiger partial charge < -0.3 is 0 Å². The van der Waals surface area contributed by atoms with Gasteiger partial charge in [0, 0.05) is 5.56 Å². The first-order chi connectivity index (χ1) is 12.1. The molecule has 0 atom stereocenters. The van der Waals surface area contributed by atoms with Crippen LogP contribution in [-0.2, 0) is 0 Å². The van der Waals surface area contributed by atoms with Gasteiger partial charge in [-0.15, -0.1) is 0 Å². The Hall–Kier alpha value is -2.70. The first kappa shape index (κ1) is 17.1. The van der Waals surface area contributed by atoms with E-state index in [2.05, 4.69) is 15.6 Å². The van der Waals surface area contributed by atoms with E-state index in [0.717, 1.165) is 0 Å². The maximum absolute atomic E-state index is 13.7. The van der Waals surface area contributed by atoms with Gasteiger partial charge in [0.25, 0.3) is 5.56 Å². The molecule has 3 rings (SSSR count). The number of para-hydroxylation sites is 1. The highest BCUT2D eigenvalue weighted by Gasteiger charge is 2.10. The Kier molecular flexibility index (Phi) is 5.11. The van der Waals surface area contributed by atoms with E-state index in [1.54, 1.807) is 30.3 Å². The Morgan fingerprint density at radius 1 is 1.12 bits per heavy atom. The molecule has 0 saturated heterocycles. The number of hydrogen-bond donors (Lipinski definition) is 1. The molecule has 0 amide bonds. The molecular weight excluding hydrogens is 366 g/mol. The van der Waals surface area contributed by atoms with Gasteiger partial charge in [0.2, 0.25) is 0 Å². The number of nitrogens with one attached hydrogen (secondary N) is 1. The number of benzene rings is 2. The van der Waals surface area contributed by atoms with Gasteiger partial charge in [-0.3, -0.25) is 10.2 Å². The Bertz CT molecular complexity index is 969. The summed E-state index contributed by atoms with van der Waals surface area (Å²) in [5, 5.41) is 8.05. The molecule has 0 fully saturated rings. The summed E-state index contributed by atoms with van der Waals surface area (Å²) in [6.45, 7) is 0. The Morgan fingerprint density at radius 3 is 2.60 bits per heavy atom. The van der Waals surface area contributed by atoms with Crippen LogP contribution in [0.5, 0.6) is 0 Å². The molecule has 1 aromatic heterocycles. The van der Waals surface area contributed by atoms with Crippen molar-refractivity contribution in [3.63, 3.8) is 0 Å². The predicted octanol–water partition coefficient (Wildman–Crippen LogP) is 4.12. The van der Waals surface area contributed by atoms with E-state index in [0.29, 0.717) is 5.69 Å². The quantitative estimate of drug-likeness (QED) is 0.550. The lowest BCUT2D eigenvalue weighted by atomic mass is 10.2. The van der Waals surface area contributed by atoms with Gasteiger partial charge >= 0.3 is 0 Å². The highest BCUT2D eigenvalue weighted by molar-refractivity contribution is 6.33. The maximum Gasteiger partial charge on any atom is 0.292 e. The van der Waals surface area contributed by atoms with E-state index in [4.69, 9.17) is 23.2 Å². The van der Waals surface area contributed by atoms with Crippen LogP contribution >= 0.6 is 23.2 Å².